The van der Waals surface area contributed by atoms with Crippen molar-refractivity contribution in [1.29, 1.82) is 0 Å². The van der Waals surface area contributed by atoms with Gasteiger partial charge in [-0.1, -0.05) is 56.7 Å². The maximum absolute atomic E-state index is 12.1. The summed E-state index contributed by atoms with van der Waals surface area (Å²) in [6, 6.07) is 15.1. The van der Waals surface area contributed by atoms with E-state index in [2.05, 4.69) is 31.4 Å². The van der Waals surface area contributed by atoms with Crippen LogP contribution in [0.1, 0.15) is 31.9 Å². The maximum atomic E-state index is 12.1. The fourth-order valence-electron chi connectivity index (χ4n) is 2.45. The summed E-state index contributed by atoms with van der Waals surface area (Å²) in [7, 11) is 0. The van der Waals surface area contributed by atoms with E-state index in [1.165, 1.54) is 0 Å². The van der Waals surface area contributed by atoms with Crippen LogP contribution in [-0.2, 0) is 15.0 Å². The molecule has 0 radical (unpaired) electrons. The minimum absolute atomic E-state index is 0.0883. The first-order valence-corrected chi connectivity index (χ1v) is 8.61. The fraction of sp³-hybridized carbons (Fsp3) is 0.333. The van der Waals surface area contributed by atoms with Crippen LogP contribution in [0.15, 0.2) is 48.5 Å². The first-order valence-electron chi connectivity index (χ1n) is 8.61. The second kappa shape index (κ2) is 8.52. The van der Waals surface area contributed by atoms with Gasteiger partial charge in [0, 0.05) is 5.69 Å². The van der Waals surface area contributed by atoms with E-state index in [9.17, 15) is 9.59 Å². The number of anilines is 1. The summed E-state index contributed by atoms with van der Waals surface area (Å²) in [4.78, 5) is 24.0. The van der Waals surface area contributed by atoms with Gasteiger partial charge in [-0.25, -0.2) is 0 Å². The van der Waals surface area contributed by atoms with Gasteiger partial charge in [-0.05, 0) is 36.1 Å². The molecule has 5 heteroatoms. The average molecular weight is 354 g/mol. The zero-order chi connectivity index (χ0) is 19.2. The lowest BCUT2D eigenvalue weighted by Crippen LogP contribution is -2.36. The largest absolute Gasteiger partial charge is 0.484 e. The van der Waals surface area contributed by atoms with Gasteiger partial charge >= 0.3 is 0 Å². The second-order valence-corrected chi connectivity index (χ2v) is 7.22. The van der Waals surface area contributed by atoms with Crippen LogP contribution < -0.4 is 15.4 Å². The summed E-state index contributed by atoms with van der Waals surface area (Å²) in [5, 5.41) is 5.42. The van der Waals surface area contributed by atoms with Crippen LogP contribution in [0, 0.1) is 6.92 Å². The Bertz CT molecular complexity index is 762. The highest BCUT2D eigenvalue weighted by molar-refractivity contribution is 5.95. The molecule has 2 aromatic rings. The smallest absolute Gasteiger partial charge is 0.258 e. The van der Waals surface area contributed by atoms with Gasteiger partial charge in [0.15, 0.2) is 6.61 Å². The summed E-state index contributed by atoms with van der Waals surface area (Å²) in [5.41, 5.74) is 2.83. The lowest BCUT2D eigenvalue weighted by Gasteiger charge is -2.23. The van der Waals surface area contributed by atoms with Gasteiger partial charge in [-0.2, -0.15) is 0 Å². The first-order chi connectivity index (χ1) is 12.3. The molecule has 0 spiro atoms. The van der Waals surface area contributed by atoms with Crippen LogP contribution in [0.25, 0.3) is 0 Å². The molecule has 26 heavy (non-hydrogen) atoms. The summed E-state index contributed by atoms with van der Waals surface area (Å²) < 4.78 is 5.39. The Morgan fingerprint density at radius 3 is 2.27 bits per heavy atom. The van der Waals surface area contributed by atoms with E-state index in [1.807, 2.05) is 43.3 Å². The van der Waals surface area contributed by atoms with E-state index in [1.54, 1.807) is 12.1 Å². The highest BCUT2D eigenvalue weighted by Gasteiger charge is 2.18. The Labute approximate surface area is 154 Å². The predicted octanol–water partition coefficient (Wildman–Crippen LogP) is 3.43. The fourth-order valence-corrected chi connectivity index (χ4v) is 2.45. The Kier molecular flexibility index (Phi) is 6.39. The number of nitrogens with one attached hydrogen (secondary N) is 2. The third-order valence-electron chi connectivity index (χ3n) is 3.85. The molecule has 0 saturated carbocycles. The summed E-state index contributed by atoms with van der Waals surface area (Å²) >= 11 is 0. The number of benzene rings is 2. The average Bonchev–Trinajstić information content (AvgIpc) is 2.59. The molecule has 0 heterocycles. The lowest BCUT2D eigenvalue weighted by atomic mass is 9.86. The Balaban J connectivity index is 1.82. The standard InChI is InChI=1S/C21H26N2O3/c1-15-9-11-16(12-10-15)26-14-20(25)22-13-19(24)23-18-8-6-5-7-17(18)21(2,3)4/h5-12H,13-14H2,1-4H3,(H,22,25)(H,23,24). The van der Waals surface area contributed by atoms with E-state index >= 15 is 0 Å². The molecule has 2 aromatic carbocycles. The Morgan fingerprint density at radius 2 is 1.62 bits per heavy atom. The molecule has 2 amide bonds. The van der Waals surface area contributed by atoms with Crippen LogP contribution in [0.4, 0.5) is 5.69 Å². The monoisotopic (exact) mass is 354 g/mol. The molecule has 2 N–H and O–H groups in total. The zero-order valence-electron chi connectivity index (χ0n) is 15.8. The van der Waals surface area contributed by atoms with Gasteiger partial charge in [0.25, 0.3) is 5.91 Å². The van der Waals surface area contributed by atoms with Crippen molar-refractivity contribution in [3.8, 4) is 5.75 Å². The second-order valence-electron chi connectivity index (χ2n) is 7.22. The van der Waals surface area contributed by atoms with Gasteiger partial charge in [-0.15, -0.1) is 0 Å². The number of carbonyl (C=O) groups excluding carboxylic acids is 2. The SMILES string of the molecule is Cc1ccc(OCC(=O)NCC(=O)Nc2ccccc2C(C)(C)C)cc1. The van der Waals surface area contributed by atoms with Gasteiger partial charge in [0.05, 0.1) is 6.54 Å². The Hall–Kier alpha value is -2.82. The minimum Gasteiger partial charge on any atom is -0.484 e. The van der Waals surface area contributed by atoms with Gasteiger partial charge < -0.3 is 15.4 Å². The number of aryl methyl sites for hydroxylation is 1. The van der Waals surface area contributed by atoms with Crippen molar-refractivity contribution < 1.29 is 14.3 Å². The molecule has 0 aliphatic carbocycles. The van der Waals surface area contributed by atoms with E-state index in [0.29, 0.717) is 5.75 Å². The topological polar surface area (TPSA) is 67.4 Å². The quantitative estimate of drug-likeness (QED) is 0.835. The lowest BCUT2D eigenvalue weighted by molar-refractivity contribution is -0.125. The van der Waals surface area contributed by atoms with Gasteiger partial charge in [0.2, 0.25) is 5.91 Å². The number of ether oxygens (including phenoxy) is 1. The van der Waals surface area contributed by atoms with Crippen molar-refractivity contribution in [2.45, 2.75) is 33.1 Å². The minimum atomic E-state index is -0.343. The summed E-state index contributed by atoms with van der Waals surface area (Å²) in [6.45, 7) is 8.00. The van der Waals surface area contributed by atoms with Crippen LogP contribution in [0.3, 0.4) is 0 Å². The molecular formula is C21H26N2O3. The summed E-state index contributed by atoms with van der Waals surface area (Å²) in [6.07, 6.45) is 0. The normalized spacial score (nSPS) is 10.9. The molecule has 0 unspecified atom stereocenters. The van der Waals surface area contributed by atoms with Crippen LogP contribution >= 0.6 is 0 Å². The number of hydrogen-bond acceptors (Lipinski definition) is 3. The maximum Gasteiger partial charge on any atom is 0.258 e. The van der Waals surface area contributed by atoms with Crippen molar-refractivity contribution in [3.05, 3.63) is 59.7 Å². The van der Waals surface area contributed by atoms with Crippen molar-refractivity contribution in [2.24, 2.45) is 0 Å². The van der Waals surface area contributed by atoms with Crippen LogP contribution in [0.5, 0.6) is 5.75 Å². The van der Waals surface area contributed by atoms with Gasteiger partial charge in [-0.3, -0.25) is 9.59 Å². The molecule has 5 nitrogen and oxygen atoms in total. The highest BCUT2D eigenvalue weighted by Crippen LogP contribution is 2.29. The van der Waals surface area contributed by atoms with Crippen molar-refractivity contribution in [3.63, 3.8) is 0 Å². The molecule has 0 atom stereocenters. The third kappa shape index (κ3) is 5.92. The molecule has 2 rings (SSSR count). The molecule has 0 aromatic heterocycles. The summed E-state index contributed by atoms with van der Waals surface area (Å²) in [5.74, 6) is 0.00419. The van der Waals surface area contributed by atoms with Crippen molar-refractivity contribution >= 4 is 17.5 Å². The molecule has 0 aliphatic rings. The third-order valence-corrected chi connectivity index (χ3v) is 3.85. The van der Waals surface area contributed by atoms with Crippen molar-refractivity contribution in [1.82, 2.24) is 5.32 Å². The number of hydrogen-bond donors (Lipinski definition) is 2. The number of para-hydroxylation sites is 1. The number of carbonyl (C=O) groups is 2. The number of rotatable bonds is 6. The van der Waals surface area contributed by atoms with Gasteiger partial charge in [0.1, 0.15) is 5.75 Å². The molecule has 0 saturated heterocycles. The molecular weight excluding hydrogens is 328 g/mol. The van der Waals surface area contributed by atoms with E-state index in [4.69, 9.17) is 4.74 Å². The Morgan fingerprint density at radius 1 is 0.962 bits per heavy atom. The highest BCUT2D eigenvalue weighted by atomic mass is 16.5. The zero-order valence-corrected chi connectivity index (χ0v) is 15.8. The van der Waals surface area contributed by atoms with Crippen molar-refractivity contribution in [2.75, 3.05) is 18.5 Å². The first kappa shape index (κ1) is 19.5. The molecule has 138 valence electrons. The van der Waals surface area contributed by atoms with Crippen LogP contribution in [0.2, 0.25) is 0 Å². The molecule has 0 aliphatic heterocycles. The van der Waals surface area contributed by atoms with Crippen LogP contribution in [-0.4, -0.2) is 25.0 Å². The number of amides is 2. The predicted molar refractivity (Wildman–Crippen MR) is 103 cm³/mol. The molecule has 0 bridgehead atoms. The molecule has 0 fully saturated rings. The van der Waals surface area contributed by atoms with E-state index in [0.717, 1.165) is 16.8 Å². The van der Waals surface area contributed by atoms with E-state index < -0.39 is 0 Å². The van der Waals surface area contributed by atoms with E-state index in [-0.39, 0.29) is 30.4 Å².